The van der Waals surface area contributed by atoms with Crippen LogP contribution in [0.4, 0.5) is 0 Å². The number of piperazine rings is 1. The number of nitrogens with zero attached hydrogens (tertiary/aromatic N) is 2. The van der Waals surface area contributed by atoms with Crippen LogP contribution in [0.2, 0.25) is 0 Å². The van der Waals surface area contributed by atoms with E-state index in [2.05, 4.69) is 28.1 Å². The molecule has 13 nitrogen and oxygen atoms in total. The number of fused-ring (bicyclic) bond motifs is 11. The average Bonchev–Trinajstić information content (AvgIpc) is 3.90. The van der Waals surface area contributed by atoms with Crippen LogP contribution in [-0.4, -0.2) is 83.1 Å². The first kappa shape index (κ1) is 33.8. The number of phenolic OH excluding ortho intramolecular Hbond substituents is 1. The summed E-state index contributed by atoms with van der Waals surface area (Å²) in [7, 11) is 1.56. The topological polar surface area (TPSA) is 152 Å². The highest BCUT2D eigenvalue weighted by Crippen LogP contribution is 2.71. The molecule has 1 aromatic heterocycles. The summed E-state index contributed by atoms with van der Waals surface area (Å²) in [6, 6.07) is 8.19. The molecule has 1 spiro atoms. The van der Waals surface area contributed by atoms with Gasteiger partial charge in [-0.1, -0.05) is 18.2 Å². The van der Waals surface area contributed by atoms with Gasteiger partial charge in [0.25, 0.3) is 0 Å². The van der Waals surface area contributed by atoms with Crippen LogP contribution in [0.1, 0.15) is 82.3 Å². The van der Waals surface area contributed by atoms with Crippen LogP contribution in [0.15, 0.2) is 34.7 Å². The number of thioether (sulfide) groups is 1. The van der Waals surface area contributed by atoms with Gasteiger partial charge in [0.05, 0.1) is 24.4 Å². The molecule has 55 heavy (non-hydrogen) atoms. The average molecular weight is 768 g/mol. The summed E-state index contributed by atoms with van der Waals surface area (Å²) < 4.78 is 37.3. The van der Waals surface area contributed by atoms with Crippen molar-refractivity contribution in [2.45, 2.75) is 80.7 Å². The zero-order chi connectivity index (χ0) is 37.9. The van der Waals surface area contributed by atoms with Crippen molar-refractivity contribution in [1.82, 2.24) is 15.1 Å². The van der Waals surface area contributed by atoms with Gasteiger partial charge in [0.1, 0.15) is 29.4 Å². The highest BCUT2D eigenvalue weighted by molar-refractivity contribution is 7.99. The van der Waals surface area contributed by atoms with Gasteiger partial charge in [-0.05, 0) is 50.5 Å². The maximum Gasteiger partial charge on any atom is 0.335 e. The van der Waals surface area contributed by atoms with Gasteiger partial charge in [0.15, 0.2) is 28.5 Å². The molecule has 0 aliphatic carbocycles. The van der Waals surface area contributed by atoms with Crippen LogP contribution in [0.25, 0.3) is 11.0 Å². The fourth-order valence-corrected chi connectivity index (χ4v) is 13.0. The largest absolute Gasteiger partial charge is 0.504 e. The zero-order valence-electron chi connectivity index (χ0n) is 31.1. The molecule has 0 radical (unpaired) electrons. The van der Waals surface area contributed by atoms with Crippen LogP contribution in [-0.2, 0) is 31.8 Å². The van der Waals surface area contributed by atoms with Crippen molar-refractivity contribution in [3.8, 4) is 28.7 Å². The lowest BCUT2D eigenvalue weighted by Crippen LogP contribution is -2.67. The molecule has 9 heterocycles. The summed E-state index contributed by atoms with van der Waals surface area (Å²) in [5.74, 6) is 1.54. The molecule has 0 amide bonds. The summed E-state index contributed by atoms with van der Waals surface area (Å²) >= 11 is 1.52. The Balaban J connectivity index is 1.19. The summed E-state index contributed by atoms with van der Waals surface area (Å²) in [5, 5.41) is 29.2. The van der Waals surface area contributed by atoms with Crippen LogP contribution in [0.5, 0.6) is 28.7 Å². The molecular formula is C41H41N3O10S. The second-order valence-corrected chi connectivity index (χ2v) is 17.3. The number of carbonyl (C=O) groups is 2. The normalized spacial score (nSPS) is 32.6. The van der Waals surface area contributed by atoms with E-state index in [1.165, 1.54) is 18.7 Å². The molecule has 12 rings (SSSR count). The van der Waals surface area contributed by atoms with Crippen LogP contribution in [0.3, 0.4) is 0 Å². The number of methoxy groups -OCH3 is 1. The van der Waals surface area contributed by atoms with Crippen LogP contribution < -0.4 is 24.3 Å². The Labute approximate surface area is 320 Å². The molecule has 8 aliphatic heterocycles. The zero-order valence-corrected chi connectivity index (χ0v) is 31.9. The number of esters is 2. The van der Waals surface area contributed by atoms with E-state index in [0.717, 1.165) is 33.2 Å². The molecule has 0 saturated carbocycles. The summed E-state index contributed by atoms with van der Waals surface area (Å²) in [5.41, 5.74) is 2.81. The number of aliphatic hydroxyl groups is 1. The number of carbonyl (C=O) groups excluding carboxylic acids is 2. The first-order valence-electron chi connectivity index (χ1n) is 18.8. The molecule has 286 valence electrons. The molecule has 3 aromatic carbocycles. The number of rotatable bonds is 2. The third-order valence-electron chi connectivity index (χ3n) is 13.4. The first-order chi connectivity index (χ1) is 26.4. The van der Waals surface area contributed by atoms with Crippen molar-refractivity contribution in [1.29, 1.82) is 0 Å². The van der Waals surface area contributed by atoms with Gasteiger partial charge in [-0.3, -0.25) is 19.9 Å². The molecular weight excluding hydrogens is 727 g/mol. The number of phenols is 1. The first-order valence-corrected chi connectivity index (χ1v) is 19.8. The molecule has 8 aliphatic rings. The Morgan fingerprint density at radius 2 is 1.89 bits per heavy atom. The number of para-hydroxylation sites is 1. The van der Waals surface area contributed by atoms with Gasteiger partial charge < -0.3 is 38.3 Å². The van der Waals surface area contributed by atoms with Crippen molar-refractivity contribution in [3.05, 3.63) is 75.0 Å². The number of nitrogens with one attached hydrogen (secondary N) is 1. The Kier molecular flexibility index (Phi) is 6.83. The number of ether oxygens (including phenoxy) is 5. The SMILES string of the molecule is COc1c(C)cc2c(c1O)[C@@H]1[C@@H]3[C@@H]4SC[C@]5(NCCc6c5oc5ccccc65)C(=O)OC[C@@H](c5c6c(c(C)c(OC(C)=O)c54)OCO6)N3C3(O)CN1[C@]2(C)C3. The fraction of sp³-hybridized carbons (Fsp3) is 0.463. The van der Waals surface area contributed by atoms with Crippen molar-refractivity contribution < 1.29 is 47.9 Å². The van der Waals surface area contributed by atoms with E-state index >= 15 is 0 Å². The number of aryl methyl sites for hydroxylation is 1. The third kappa shape index (κ3) is 4.08. The fourth-order valence-electron chi connectivity index (χ4n) is 11.4. The Hall–Kier alpha value is -4.47. The lowest BCUT2D eigenvalue weighted by Gasteiger charge is -2.59. The molecule has 7 atom stereocenters. The van der Waals surface area contributed by atoms with E-state index in [-0.39, 0.29) is 31.4 Å². The molecule has 3 saturated heterocycles. The highest BCUT2D eigenvalue weighted by atomic mass is 32.2. The maximum absolute atomic E-state index is 14.8. The number of hydrogen-bond acceptors (Lipinski definition) is 14. The van der Waals surface area contributed by atoms with E-state index in [4.69, 9.17) is 28.1 Å². The lowest BCUT2D eigenvalue weighted by atomic mass is 9.75. The number of aromatic hydroxyl groups is 1. The van der Waals surface area contributed by atoms with E-state index < -0.39 is 52.1 Å². The predicted octanol–water partition coefficient (Wildman–Crippen LogP) is 4.89. The van der Waals surface area contributed by atoms with E-state index in [1.54, 1.807) is 7.11 Å². The van der Waals surface area contributed by atoms with Gasteiger partial charge in [-0.25, -0.2) is 4.79 Å². The van der Waals surface area contributed by atoms with E-state index in [1.807, 2.05) is 38.1 Å². The van der Waals surface area contributed by atoms with Crippen molar-refractivity contribution >= 4 is 34.7 Å². The molecule has 14 heteroatoms. The molecule has 1 unspecified atom stereocenters. The summed E-state index contributed by atoms with van der Waals surface area (Å²) in [6.07, 6.45) is 1.01. The Morgan fingerprint density at radius 1 is 1.09 bits per heavy atom. The molecule has 3 fully saturated rings. The highest BCUT2D eigenvalue weighted by Gasteiger charge is 2.72. The van der Waals surface area contributed by atoms with E-state index in [9.17, 15) is 19.8 Å². The van der Waals surface area contributed by atoms with Gasteiger partial charge in [-0.15, -0.1) is 11.8 Å². The van der Waals surface area contributed by atoms with Crippen LogP contribution in [0, 0.1) is 13.8 Å². The van der Waals surface area contributed by atoms with Gasteiger partial charge in [-0.2, -0.15) is 0 Å². The minimum atomic E-state index is -1.38. The Bertz CT molecular complexity index is 2420. The quantitative estimate of drug-likeness (QED) is 0.187. The number of furan rings is 1. The Morgan fingerprint density at radius 3 is 2.69 bits per heavy atom. The molecule has 3 N–H and O–H groups in total. The third-order valence-corrected chi connectivity index (χ3v) is 14.8. The maximum atomic E-state index is 14.8. The second-order valence-electron chi connectivity index (χ2n) is 16.2. The van der Waals surface area contributed by atoms with Crippen molar-refractivity contribution in [3.63, 3.8) is 0 Å². The minimum absolute atomic E-state index is 0.0408. The molecule has 4 aromatic rings. The standard InChI is InChI=1S/C41H41N3O10S/c1-18-12-23-26(31(46)32(18)49-5)29-30-36-28-27(35-34(51-17-52-35)19(2)33(28)53-20(3)45)24(44(30)40(48)14-39(23,4)43(29)15-40)13-50-38(47)41(16-55-36)37-22(10-11-42-41)21-8-6-7-9-25(21)54-37/h6-9,12,24,29-30,36,42,46,48H,10-11,13-17H2,1-5H3/t24-,29+,30+,36+,39+,40?,41+/m0/s1. The number of hydrogen-bond donors (Lipinski definition) is 3. The van der Waals surface area contributed by atoms with Gasteiger partial charge >= 0.3 is 11.9 Å². The van der Waals surface area contributed by atoms with E-state index in [0.29, 0.717) is 64.9 Å². The van der Waals surface area contributed by atoms with Crippen LogP contribution >= 0.6 is 11.8 Å². The predicted molar refractivity (Wildman–Crippen MR) is 198 cm³/mol. The van der Waals surface area contributed by atoms with Gasteiger partial charge in [0.2, 0.25) is 6.79 Å². The minimum Gasteiger partial charge on any atom is -0.504 e. The summed E-state index contributed by atoms with van der Waals surface area (Å²) in [6.45, 7) is 7.90. The summed E-state index contributed by atoms with van der Waals surface area (Å²) in [4.78, 5) is 32.2. The van der Waals surface area contributed by atoms with Crippen molar-refractivity contribution in [2.75, 3.05) is 39.4 Å². The van der Waals surface area contributed by atoms with Gasteiger partial charge in [0, 0.05) is 77.0 Å². The monoisotopic (exact) mass is 767 g/mol. The lowest BCUT2D eigenvalue weighted by molar-refractivity contribution is -0.196. The second kappa shape index (κ2) is 11.1. The number of benzene rings is 3. The smallest absolute Gasteiger partial charge is 0.335 e. The van der Waals surface area contributed by atoms with Crippen molar-refractivity contribution in [2.24, 2.45) is 0 Å². The molecule has 4 bridgehead atoms.